The molecule has 0 amide bonds. The number of carbonyl (C=O) groups excluding carboxylic acids is 1. The van der Waals surface area contributed by atoms with E-state index in [0.29, 0.717) is 0 Å². The predicted octanol–water partition coefficient (Wildman–Crippen LogP) is 2.82. The molecule has 0 aliphatic rings. The van der Waals surface area contributed by atoms with Crippen LogP contribution in [0.5, 0.6) is 0 Å². The van der Waals surface area contributed by atoms with Crippen LogP contribution < -0.4 is 0 Å². The maximum absolute atomic E-state index is 9.68. The molecule has 0 N–H and O–H groups in total. The van der Waals surface area contributed by atoms with Crippen LogP contribution in [-0.2, 0) is 4.79 Å². The third-order valence-electron chi connectivity index (χ3n) is 0.926. The molecule has 0 radical (unpaired) electrons. The summed E-state index contributed by atoms with van der Waals surface area (Å²) in [6, 6.07) is 0. The zero-order valence-corrected chi connectivity index (χ0v) is 8.35. The highest BCUT2D eigenvalue weighted by atomic mass is 127. The van der Waals surface area contributed by atoms with Gasteiger partial charge in [0.1, 0.15) is 6.29 Å². The second-order valence-corrected chi connectivity index (χ2v) is 1.66. The van der Waals surface area contributed by atoms with E-state index in [1.165, 1.54) is 12.8 Å². The maximum atomic E-state index is 9.68. The SMILES string of the molecule is CCCCCC=O.CI. The lowest BCUT2D eigenvalue weighted by molar-refractivity contribution is -0.107. The summed E-state index contributed by atoms with van der Waals surface area (Å²) in [5.74, 6) is 0. The summed E-state index contributed by atoms with van der Waals surface area (Å²) in [5.41, 5.74) is 0. The van der Waals surface area contributed by atoms with E-state index in [0.717, 1.165) is 19.1 Å². The van der Waals surface area contributed by atoms with Crippen molar-refractivity contribution in [2.24, 2.45) is 0 Å². The van der Waals surface area contributed by atoms with Crippen molar-refractivity contribution in [3.8, 4) is 0 Å². The molecule has 0 heterocycles. The van der Waals surface area contributed by atoms with E-state index in [4.69, 9.17) is 0 Å². The Balaban J connectivity index is 0. The summed E-state index contributed by atoms with van der Waals surface area (Å²) >= 11 is 2.15. The van der Waals surface area contributed by atoms with E-state index in [1.807, 2.05) is 4.93 Å². The van der Waals surface area contributed by atoms with Crippen molar-refractivity contribution in [2.75, 3.05) is 4.93 Å². The van der Waals surface area contributed by atoms with Crippen molar-refractivity contribution >= 4 is 28.9 Å². The highest BCUT2D eigenvalue weighted by Gasteiger charge is 1.80. The Morgan fingerprint density at radius 1 is 1.33 bits per heavy atom. The third-order valence-corrected chi connectivity index (χ3v) is 0.926. The minimum Gasteiger partial charge on any atom is -0.303 e. The van der Waals surface area contributed by atoms with E-state index in [1.54, 1.807) is 0 Å². The first-order chi connectivity index (χ1) is 4.41. The van der Waals surface area contributed by atoms with Gasteiger partial charge >= 0.3 is 0 Å². The number of hydrogen-bond acceptors (Lipinski definition) is 1. The van der Waals surface area contributed by atoms with E-state index in [-0.39, 0.29) is 0 Å². The lowest BCUT2D eigenvalue weighted by atomic mass is 10.2. The number of carbonyl (C=O) groups is 1. The Kier molecular flexibility index (Phi) is 21.2. The molecule has 0 rings (SSSR count). The molecule has 0 bridgehead atoms. The Morgan fingerprint density at radius 3 is 2.22 bits per heavy atom. The lowest BCUT2D eigenvalue weighted by Gasteiger charge is -1.85. The first kappa shape index (κ1) is 12.1. The van der Waals surface area contributed by atoms with Crippen LogP contribution in [0, 0.1) is 0 Å². The Labute approximate surface area is 71.4 Å². The number of unbranched alkanes of at least 4 members (excludes halogenated alkanes) is 3. The second kappa shape index (κ2) is 15.8. The summed E-state index contributed by atoms with van der Waals surface area (Å²) in [6.07, 6.45) is 5.19. The van der Waals surface area contributed by atoms with Gasteiger partial charge in [0.15, 0.2) is 0 Å². The number of hydrogen-bond donors (Lipinski definition) is 0. The fraction of sp³-hybridized carbons (Fsp3) is 0.857. The van der Waals surface area contributed by atoms with Gasteiger partial charge in [0, 0.05) is 6.42 Å². The quantitative estimate of drug-likeness (QED) is 0.320. The molecule has 0 spiro atoms. The molecule has 0 saturated carbocycles. The zero-order chi connectivity index (χ0) is 7.54. The van der Waals surface area contributed by atoms with Crippen LogP contribution in [-0.4, -0.2) is 11.2 Å². The molecule has 0 saturated heterocycles. The van der Waals surface area contributed by atoms with E-state index >= 15 is 0 Å². The monoisotopic (exact) mass is 242 g/mol. The maximum Gasteiger partial charge on any atom is 0.119 e. The number of aldehydes is 1. The molecule has 0 atom stereocenters. The van der Waals surface area contributed by atoms with Gasteiger partial charge in [-0.05, 0) is 11.4 Å². The summed E-state index contributed by atoms with van der Waals surface area (Å²) in [7, 11) is 0. The molecular formula is C7H15IO. The topological polar surface area (TPSA) is 17.1 Å². The summed E-state index contributed by atoms with van der Waals surface area (Å²) in [6.45, 7) is 2.13. The van der Waals surface area contributed by atoms with Gasteiger partial charge in [-0.15, -0.1) is 0 Å². The molecule has 2 heteroatoms. The second-order valence-electron chi connectivity index (χ2n) is 1.66. The Morgan fingerprint density at radius 2 is 1.89 bits per heavy atom. The van der Waals surface area contributed by atoms with E-state index < -0.39 is 0 Å². The molecule has 56 valence electrons. The van der Waals surface area contributed by atoms with Crippen LogP contribution in [0.2, 0.25) is 0 Å². The highest BCUT2D eigenvalue weighted by molar-refractivity contribution is 14.1. The minimum absolute atomic E-state index is 0.744. The van der Waals surface area contributed by atoms with Gasteiger partial charge in [-0.2, -0.15) is 0 Å². The van der Waals surface area contributed by atoms with Crippen LogP contribution in [0.25, 0.3) is 0 Å². The van der Waals surface area contributed by atoms with Gasteiger partial charge < -0.3 is 4.79 Å². The number of halogens is 1. The molecule has 0 aliphatic heterocycles. The van der Waals surface area contributed by atoms with Gasteiger partial charge in [-0.25, -0.2) is 0 Å². The normalized spacial score (nSPS) is 7.44. The van der Waals surface area contributed by atoms with Crippen LogP contribution in [0.4, 0.5) is 0 Å². The van der Waals surface area contributed by atoms with Crippen molar-refractivity contribution in [1.29, 1.82) is 0 Å². The predicted molar refractivity (Wildman–Crippen MR) is 50.2 cm³/mol. The van der Waals surface area contributed by atoms with Crippen LogP contribution in [0.3, 0.4) is 0 Å². The van der Waals surface area contributed by atoms with Gasteiger partial charge in [-0.3, -0.25) is 0 Å². The summed E-state index contributed by atoms with van der Waals surface area (Å²) < 4.78 is 0. The van der Waals surface area contributed by atoms with Crippen molar-refractivity contribution in [1.82, 2.24) is 0 Å². The minimum atomic E-state index is 0.744. The van der Waals surface area contributed by atoms with Gasteiger partial charge in [0.05, 0.1) is 0 Å². The first-order valence-electron chi connectivity index (χ1n) is 3.23. The smallest absolute Gasteiger partial charge is 0.119 e. The molecule has 0 aromatic heterocycles. The Hall–Kier alpha value is 0.400. The number of alkyl halides is 1. The largest absolute Gasteiger partial charge is 0.303 e. The van der Waals surface area contributed by atoms with E-state index in [2.05, 4.69) is 29.5 Å². The fourth-order valence-electron chi connectivity index (χ4n) is 0.478. The first-order valence-corrected chi connectivity index (χ1v) is 5.39. The number of rotatable bonds is 4. The molecule has 0 aliphatic carbocycles. The molecule has 0 unspecified atom stereocenters. The fourth-order valence-corrected chi connectivity index (χ4v) is 0.478. The standard InChI is InChI=1S/C6H12O.CH3I/c1-2-3-4-5-6-7;1-2/h6H,2-5H2,1H3;1H3. The van der Waals surface area contributed by atoms with Crippen molar-refractivity contribution < 1.29 is 4.79 Å². The van der Waals surface area contributed by atoms with E-state index in [9.17, 15) is 4.79 Å². The van der Waals surface area contributed by atoms with Crippen molar-refractivity contribution in [3.05, 3.63) is 0 Å². The van der Waals surface area contributed by atoms with Crippen molar-refractivity contribution in [2.45, 2.75) is 32.6 Å². The third kappa shape index (κ3) is 17.8. The zero-order valence-electron chi connectivity index (χ0n) is 6.19. The molecule has 0 aromatic carbocycles. The summed E-state index contributed by atoms with van der Waals surface area (Å²) in [4.78, 5) is 11.6. The van der Waals surface area contributed by atoms with Gasteiger partial charge in [0.25, 0.3) is 0 Å². The van der Waals surface area contributed by atoms with Gasteiger partial charge in [-0.1, -0.05) is 42.4 Å². The average molecular weight is 242 g/mol. The van der Waals surface area contributed by atoms with Crippen LogP contribution in [0.15, 0.2) is 0 Å². The molecule has 1 nitrogen and oxygen atoms in total. The van der Waals surface area contributed by atoms with Gasteiger partial charge in [0.2, 0.25) is 0 Å². The molecular weight excluding hydrogens is 227 g/mol. The molecule has 0 fully saturated rings. The van der Waals surface area contributed by atoms with Crippen LogP contribution >= 0.6 is 22.6 Å². The average Bonchev–Trinajstić information content (AvgIpc) is 1.94. The van der Waals surface area contributed by atoms with Crippen molar-refractivity contribution in [3.63, 3.8) is 0 Å². The highest BCUT2D eigenvalue weighted by Crippen LogP contribution is 1.94. The molecule has 0 aromatic rings. The summed E-state index contributed by atoms with van der Waals surface area (Å²) in [5, 5.41) is 0. The molecule has 9 heavy (non-hydrogen) atoms. The van der Waals surface area contributed by atoms with Crippen LogP contribution in [0.1, 0.15) is 32.6 Å². The Bertz CT molecular complexity index is 46.2. The lowest BCUT2D eigenvalue weighted by Crippen LogP contribution is -1.73.